The van der Waals surface area contributed by atoms with Gasteiger partial charge in [-0.3, -0.25) is 0 Å². The van der Waals surface area contributed by atoms with Crippen molar-refractivity contribution in [2.45, 2.75) is 6.42 Å². The van der Waals surface area contributed by atoms with Crippen LogP contribution in [0.5, 0.6) is 5.75 Å². The van der Waals surface area contributed by atoms with Crippen molar-refractivity contribution in [2.75, 3.05) is 7.11 Å². The SMILES string of the molecule is COc1ccccc1CC=Cc1ccccc1. The fourth-order valence-electron chi connectivity index (χ4n) is 1.76. The summed E-state index contributed by atoms with van der Waals surface area (Å²) < 4.78 is 5.31. The van der Waals surface area contributed by atoms with Gasteiger partial charge in [-0.2, -0.15) is 0 Å². The van der Waals surface area contributed by atoms with Crippen LogP contribution >= 0.6 is 0 Å². The maximum Gasteiger partial charge on any atom is 0.122 e. The predicted octanol–water partition coefficient (Wildman–Crippen LogP) is 3.95. The predicted molar refractivity (Wildman–Crippen MR) is 72.2 cm³/mol. The number of hydrogen-bond donors (Lipinski definition) is 0. The minimum atomic E-state index is 0.888. The molecule has 2 aromatic rings. The van der Waals surface area contributed by atoms with Crippen LogP contribution in [0.15, 0.2) is 60.7 Å². The summed E-state index contributed by atoms with van der Waals surface area (Å²) in [6, 6.07) is 18.4. The molecule has 0 spiro atoms. The molecule has 0 aromatic heterocycles. The molecular formula is C16H16O. The molecule has 0 bridgehead atoms. The molecule has 17 heavy (non-hydrogen) atoms. The first-order valence-corrected chi connectivity index (χ1v) is 5.73. The minimum Gasteiger partial charge on any atom is -0.496 e. The summed E-state index contributed by atoms with van der Waals surface area (Å²) in [6.45, 7) is 0. The van der Waals surface area contributed by atoms with Crippen LogP contribution in [0.1, 0.15) is 11.1 Å². The lowest BCUT2D eigenvalue weighted by molar-refractivity contribution is 0.411. The largest absolute Gasteiger partial charge is 0.496 e. The lowest BCUT2D eigenvalue weighted by Gasteiger charge is -2.05. The molecule has 0 saturated heterocycles. The molecule has 0 aliphatic rings. The van der Waals surface area contributed by atoms with Crippen LogP contribution in [-0.2, 0) is 6.42 Å². The van der Waals surface area contributed by atoms with E-state index in [1.54, 1.807) is 7.11 Å². The highest BCUT2D eigenvalue weighted by atomic mass is 16.5. The second-order valence-electron chi connectivity index (χ2n) is 3.83. The number of methoxy groups -OCH3 is 1. The maximum absolute atomic E-state index is 5.31. The Balaban J connectivity index is 2.05. The van der Waals surface area contributed by atoms with Gasteiger partial charge in [-0.1, -0.05) is 60.7 Å². The monoisotopic (exact) mass is 224 g/mol. The number of allylic oxidation sites excluding steroid dienone is 1. The molecule has 0 unspecified atom stereocenters. The van der Waals surface area contributed by atoms with E-state index in [1.165, 1.54) is 11.1 Å². The van der Waals surface area contributed by atoms with Crippen LogP contribution in [0.25, 0.3) is 6.08 Å². The van der Waals surface area contributed by atoms with E-state index < -0.39 is 0 Å². The summed E-state index contributed by atoms with van der Waals surface area (Å²) in [5.74, 6) is 0.949. The van der Waals surface area contributed by atoms with E-state index in [-0.39, 0.29) is 0 Å². The number of benzene rings is 2. The Morgan fingerprint density at radius 1 is 0.941 bits per heavy atom. The molecule has 0 aliphatic carbocycles. The van der Waals surface area contributed by atoms with E-state index in [0.717, 1.165) is 12.2 Å². The molecule has 2 rings (SSSR count). The molecule has 0 heterocycles. The van der Waals surface area contributed by atoms with Gasteiger partial charge in [0.1, 0.15) is 5.75 Å². The van der Waals surface area contributed by atoms with Crippen molar-refractivity contribution in [1.82, 2.24) is 0 Å². The third-order valence-electron chi connectivity index (χ3n) is 2.64. The highest BCUT2D eigenvalue weighted by Crippen LogP contribution is 2.18. The molecule has 1 heteroatoms. The van der Waals surface area contributed by atoms with Gasteiger partial charge in [-0.15, -0.1) is 0 Å². The Morgan fingerprint density at radius 2 is 1.65 bits per heavy atom. The summed E-state index contributed by atoms with van der Waals surface area (Å²) in [5.41, 5.74) is 2.43. The van der Waals surface area contributed by atoms with E-state index in [0.29, 0.717) is 0 Å². The van der Waals surface area contributed by atoms with Gasteiger partial charge >= 0.3 is 0 Å². The Morgan fingerprint density at radius 3 is 2.41 bits per heavy atom. The zero-order valence-corrected chi connectivity index (χ0v) is 9.97. The first kappa shape index (κ1) is 11.5. The van der Waals surface area contributed by atoms with Gasteiger partial charge in [-0.05, 0) is 23.6 Å². The van der Waals surface area contributed by atoms with Crippen molar-refractivity contribution in [1.29, 1.82) is 0 Å². The van der Waals surface area contributed by atoms with Crippen molar-refractivity contribution in [3.63, 3.8) is 0 Å². The standard InChI is InChI=1S/C16H16O/c1-17-16-13-6-5-11-15(16)12-7-10-14-8-3-2-4-9-14/h2-11,13H,12H2,1H3. The van der Waals surface area contributed by atoms with Crippen molar-refractivity contribution >= 4 is 6.08 Å². The molecule has 86 valence electrons. The van der Waals surface area contributed by atoms with Crippen molar-refractivity contribution < 1.29 is 4.74 Å². The van der Waals surface area contributed by atoms with Crippen LogP contribution in [0.4, 0.5) is 0 Å². The van der Waals surface area contributed by atoms with Crippen molar-refractivity contribution in [2.24, 2.45) is 0 Å². The number of rotatable bonds is 4. The number of ether oxygens (including phenoxy) is 1. The van der Waals surface area contributed by atoms with E-state index in [1.807, 2.05) is 36.4 Å². The van der Waals surface area contributed by atoms with Crippen LogP contribution in [0.3, 0.4) is 0 Å². The van der Waals surface area contributed by atoms with Gasteiger partial charge in [0.05, 0.1) is 7.11 Å². The van der Waals surface area contributed by atoms with E-state index in [2.05, 4.69) is 30.4 Å². The summed E-state index contributed by atoms with van der Waals surface area (Å²) in [4.78, 5) is 0. The summed E-state index contributed by atoms with van der Waals surface area (Å²) in [6.07, 6.45) is 5.18. The van der Waals surface area contributed by atoms with E-state index >= 15 is 0 Å². The quantitative estimate of drug-likeness (QED) is 0.764. The molecule has 0 amide bonds. The average molecular weight is 224 g/mol. The summed E-state index contributed by atoms with van der Waals surface area (Å²) >= 11 is 0. The Bertz CT molecular complexity index is 486. The summed E-state index contributed by atoms with van der Waals surface area (Å²) in [7, 11) is 1.71. The number of hydrogen-bond acceptors (Lipinski definition) is 1. The molecule has 0 N–H and O–H groups in total. The van der Waals surface area contributed by atoms with Gasteiger partial charge in [-0.25, -0.2) is 0 Å². The molecule has 0 atom stereocenters. The molecule has 0 radical (unpaired) electrons. The molecular weight excluding hydrogens is 208 g/mol. The van der Waals surface area contributed by atoms with Crippen LogP contribution in [0.2, 0.25) is 0 Å². The zero-order chi connectivity index (χ0) is 11.9. The lowest BCUT2D eigenvalue weighted by Crippen LogP contribution is -1.89. The van der Waals surface area contributed by atoms with Crippen LogP contribution < -0.4 is 4.74 Å². The lowest BCUT2D eigenvalue weighted by atomic mass is 10.1. The topological polar surface area (TPSA) is 9.23 Å². The molecule has 1 nitrogen and oxygen atoms in total. The van der Waals surface area contributed by atoms with Gasteiger partial charge in [0.25, 0.3) is 0 Å². The second kappa shape index (κ2) is 5.90. The second-order valence-corrected chi connectivity index (χ2v) is 3.83. The maximum atomic E-state index is 5.31. The fourth-order valence-corrected chi connectivity index (χ4v) is 1.76. The molecule has 0 aliphatic heterocycles. The van der Waals surface area contributed by atoms with Gasteiger partial charge in [0.2, 0.25) is 0 Å². The summed E-state index contributed by atoms with van der Waals surface area (Å²) in [5, 5.41) is 0. The van der Waals surface area contributed by atoms with Gasteiger partial charge in [0, 0.05) is 0 Å². The molecule has 0 fully saturated rings. The first-order chi connectivity index (χ1) is 8.40. The van der Waals surface area contributed by atoms with Crippen molar-refractivity contribution in [3.8, 4) is 5.75 Å². The smallest absolute Gasteiger partial charge is 0.122 e. The minimum absolute atomic E-state index is 0.888. The van der Waals surface area contributed by atoms with E-state index in [9.17, 15) is 0 Å². The third kappa shape index (κ3) is 3.22. The van der Waals surface area contributed by atoms with Gasteiger partial charge < -0.3 is 4.74 Å². The highest BCUT2D eigenvalue weighted by Gasteiger charge is 1.97. The average Bonchev–Trinajstić information content (AvgIpc) is 2.40. The Labute approximate surface area is 102 Å². The van der Waals surface area contributed by atoms with Crippen molar-refractivity contribution in [3.05, 3.63) is 71.8 Å². The normalized spacial score (nSPS) is 10.6. The molecule has 0 saturated carbocycles. The zero-order valence-electron chi connectivity index (χ0n) is 9.97. The van der Waals surface area contributed by atoms with Crippen LogP contribution in [-0.4, -0.2) is 7.11 Å². The van der Waals surface area contributed by atoms with Crippen LogP contribution in [0, 0.1) is 0 Å². The molecule has 2 aromatic carbocycles. The third-order valence-corrected chi connectivity index (χ3v) is 2.64. The Kier molecular flexibility index (Phi) is 3.98. The first-order valence-electron chi connectivity index (χ1n) is 5.73. The fraction of sp³-hybridized carbons (Fsp3) is 0.125. The van der Waals surface area contributed by atoms with Gasteiger partial charge in [0.15, 0.2) is 0 Å². The Hall–Kier alpha value is -2.02. The highest BCUT2D eigenvalue weighted by molar-refractivity contribution is 5.50. The number of para-hydroxylation sites is 1. The van der Waals surface area contributed by atoms with E-state index in [4.69, 9.17) is 4.74 Å².